The highest BCUT2D eigenvalue weighted by Gasteiger charge is 2.05. The molecule has 1 atom stereocenters. The Morgan fingerprint density at radius 2 is 2.41 bits per heavy atom. The van der Waals surface area contributed by atoms with Gasteiger partial charge in [0.1, 0.15) is 5.82 Å². The molecule has 2 heterocycles. The molecule has 0 saturated heterocycles. The van der Waals surface area contributed by atoms with Gasteiger partial charge in [-0.2, -0.15) is 21.4 Å². The van der Waals surface area contributed by atoms with Gasteiger partial charge in [-0.05, 0) is 24.8 Å². The number of thioether (sulfide) groups is 1. The number of fused-ring (bicyclic) bond motifs is 1. The van der Waals surface area contributed by atoms with Gasteiger partial charge in [0, 0.05) is 11.8 Å². The van der Waals surface area contributed by atoms with E-state index < -0.39 is 0 Å². The quantitative estimate of drug-likeness (QED) is 0.830. The average molecular weight is 253 g/mol. The molecule has 2 N–H and O–H groups in total. The summed E-state index contributed by atoms with van der Waals surface area (Å²) < 4.78 is 1.25. The third-order valence-corrected chi connectivity index (χ3v) is 3.38. The van der Waals surface area contributed by atoms with Crippen LogP contribution >= 0.6 is 11.8 Å². The largest absolute Gasteiger partial charge is 0.365 e. The maximum Gasteiger partial charge on any atom is 0.364 e. The molecule has 0 aliphatic heterocycles. The maximum atomic E-state index is 11.3. The van der Waals surface area contributed by atoms with Crippen LogP contribution in [-0.4, -0.2) is 37.4 Å². The molecule has 6 nitrogen and oxygen atoms in total. The van der Waals surface area contributed by atoms with E-state index >= 15 is 0 Å². The van der Waals surface area contributed by atoms with E-state index in [1.54, 1.807) is 6.07 Å². The lowest BCUT2D eigenvalue weighted by molar-refractivity contribution is 0.843. The van der Waals surface area contributed by atoms with Crippen LogP contribution in [0.5, 0.6) is 0 Å². The highest BCUT2D eigenvalue weighted by molar-refractivity contribution is 7.99. The minimum absolute atomic E-state index is 0.313. The summed E-state index contributed by atoms with van der Waals surface area (Å²) in [6.07, 6.45) is 0. The zero-order chi connectivity index (χ0) is 12.3. The monoisotopic (exact) mass is 253 g/mol. The summed E-state index contributed by atoms with van der Waals surface area (Å²) in [5.41, 5.74) is 0.204. The number of hydrogen-bond acceptors (Lipinski definition) is 5. The molecule has 0 saturated carbocycles. The summed E-state index contributed by atoms with van der Waals surface area (Å²) in [4.78, 5) is 11.3. The van der Waals surface area contributed by atoms with Crippen molar-refractivity contribution in [3.8, 4) is 0 Å². The van der Waals surface area contributed by atoms with E-state index in [0.717, 1.165) is 11.5 Å². The second-order valence-corrected chi connectivity index (χ2v) is 5.04. The number of nitrogens with one attached hydrogen (secondary N) is 2. The van der Waals surface area contributed by atoms with Crippen LogP contribution in [0.2, 0.25) is 0 Å². The number of anilines is 1. The summed E-state index contributed by atoms with van der Waals surface area (Å²) in [7, 11) is 0. The van der Waals surface area contributed by atoms with Crippen LogP contribution in [0.15, 0.2) is 16.9 Å². The first-order chi connectivity index (χ1) is 8.20. The fourth-order valence-corrected chi connectivity index (χ4v) is 2.14. The molecule has 17 heavy (non-hydrogen) atoms. The van der Waals surface area contributed by atoms with Crippen LogP contribution < -0.4 is 11.0 Å². The zero-order valence-electron chi connectivity index (χ0n) is 9.80. The summed E-state index contributed by atoms with van der Waals surface area (Å²) >= 11 is 1.87. The fourth-order valence-electron chi connectivity index (χ4n) is 1.47. The Morgan fingerprint density at radius 1 is 1.59 bits per heavy atom. The molecule has 0 bridgehead atoms. The molecule has 0 aliphatic carbocycles. The summed E-state index contributed by atoms with van der Waals surface area (Å²) in [6.45, 7) is 4.22. The van der Waals surface area contributed by atoms with Crippen LogP contribution in [0.25, 0.3) is 5.65 Å². The first-order valence-corrected chi connectivity index (χ1v) is 6.65. The minimum atomic E-state index is -0.320. The van der Waals surface area contributed by atoms with E-state index in [1.165, 1.54) is 4.52 Å². The lowest BCUT2D eigenvalue weighted by Gasteiger charge is -2.13. The van der Waals surface area contributed by atoms with E-state index in [1.807, 2.05) is 17.8 Å². The molecule has 7 heteroatoms. The Morgan fingerprint density at radius 3 is 3.18 bits per heavy atom. The van der Waals surface area contributed by atoms with Gasteiger partial charge in [0.25, 0.3) is 0 Å². The molecule has 1 unspecified atom stereocenters. The van der Waals surface area contributed by atoms with Crippen molar-refractivity contribution in [1.29, 1.82) is 0 Å². The Hall–Kier alpha value is -1.50. The van der Waals surface area contributed by atoms with Crippen LogP contribution in [0.3, 0.4) is 0 Å². The zero-order valence-corrected chi connectivity index (χ0v) is 10.6. The highest BCUT2D eigenvalue weighted by Crippen LogP contribution is 2.08. The minimum Gasteiger partial charge on any atom is -0.365 e. The molecule has 0 aromatic carbocycles. The third kappa shape index (κ3) is 2.79. The van der Waals surface area contributed by atoms with Gasteiger partial charge in [0.05, 0.1) is 0 Å². The third-order valence-electron chi connectivity index (χ3n) is 2.24. The normalized spacial score (nSPS) is 12.8. The predicted octanol–water partition coefficient (Wildman–Crippen LogP) is 0.971. The summed E-state index contributed by atoms with van der Waals surface area (Å²) in [6, 6.07) is 3.89. The standard InChI is InChI=1S/C10H15N5OS/c1-3-17-6-7(2)11-8-4-5-9-12-13-10(16)15(9)14-8/h4-5,7H,3,6H2,1-2H3,(H,11,14)(H,13,16). The number of hydrogen-bond donors (Lipinski definition) is 2. The molecule has 0 amide bonds. The SMILES string of the molecule is CCSCC(C)Nc1ccc2n[nH]c(=O)n2n1. The molecular formula is C10H15N5OS. The molecule has 0 aliphatic rings. The van der Waals surface area contributed by atoms with Gasteiger partial charge in [0.2, 0.25) is 0 Å². The van der Waals surface area contributed by atoms with Crippen molar-refractivity contribution in [2.75, 3.05) is 16.8 Å². The van der Waals surface area contributed by atoms with Gasteiger partial charge < -0.3 is 5.32 Å². The van der Waals surface area contributed by atoms with Crippen LogP contribution in [0.1, 0.15) is 13.8 Å². The lowest BCUT2D eigenvalue weighted by atomic mass is 10.4. The number of aromatic nitrogens is 4. The summed E-state index contributed by atoms with van der Waals surface area (Å²) in [5, 5.41) is 13.6. The van der Waals surface area contributed by atoms with Gasteiger partial charge in [-0.25, -0.2) is 9.89 Å². The van der Waals surface area contributed by atoms with Crippen molar-refractivity contribution in [2.24, 2.45) is 0 Å². The molecule has 0 fully saturated rings. The topological polar surface area (TPSA) is 75.1 Å². The van der Waals surface area contributed by atoms with E-state index in [9.17, 15) is 4.79 Å². The molecule has 2 rings (SSSR count). The Labute approximate surface area is 103 Å². The Balaban J connectivity index is 2.13. The molecule has 2 aromatic rings. The van der Waals surface area contributed by atoms with Gasteiger partial charge >= 0.3 is 5.69 Å². The Kier molecular flexibility index (Phi) is 3.68. The van der Waals surface area contributed by atoms with E-state index in [2.05, 4.69) is 34.5 Å². The molecule has 0 spiro atoms. The van der Waals surface area contributed by atoms with Crippen LogP contribution in [0.4, 0.5) is 5.82 Å². The van der Waals surface area contributed by atoms with Crippen LogP contribution in [-0.2, 0) is 0 Å². The second kappa shape index (κ2) is 5.22. The smallest absolute Gasteiger partial charge is 0.364 e. The van der Waals surface area contributed by atoms with Gasteiger partial charge in [0.15, 0.2) is 5.65 Å². The van der Waals surface area contributed by atoms with Gasteiger partial charge in [-0.3, -0.25) is 0 Å². The van der Waals surface area contributed by atoms with Gasteiger partial charge in [-0.1, -0.05) is 6.92 Å². The number of rotatable bonds is 5. The number of H-pyrrole nitrogens is 1. The average Bonchev–Trinajstić information content (AvgIpc) is 2.68. The molecule has 0 radical (unpaired) electrons. The van der Waals surface area contributed by atoms with Crippen molar-refractivity contribution in [3.05, 3.63) is 22.6 Å². The fraction of sp³-hybridized carbons (Fsp3) is 0.500. The van der Waals surface area contributed by atoms with Crippen molar-refractivity contribution in [2.45, 2.75) is 19.9 Å². The van der Waals surface area contributed by atoms with E-state index in [4.69, 9.17) is 0 Å². The second-order valence-electron chi connectivity index (χ2n) is 3.72. The summed E-state index contributed by atoms with van der Waals surface area (Å²) in [5.74, 6) is 2.79. The highest BCUT2D eigenvalue weighted by atomic mass is 32.2. The van der Waals surface area contributed by atoms with Crippen molar-refractivity contribution in [1.82, 2.24) is 19.8 Å². The molecule has 92 valence electrons. The van der Waals surface area contributed by atoms with Crippen molar-refractivity contribution < 1.29 is 0 Å². The van der Waals surface area contributed by atoms with E-state index in [-0.39, 0.29) is 5.69 Å². The molecular weight excluding hydrogens is 238 g/mol. The van der Waals surface area contributed by atoms with Crippen LogP contribution in [0, 0.1) is 0 Å². The molecule has 2 aromatic heterocycles. The maximum absolute atomic E-state index is 11.3. The van der Waals surface area contributed by atoms with Crippen molar-refractivity contribution >= 4 is 23.2 Å². The van der Waals surface area contributed by atoms with Crippen molar-refractivity contribution in [3.63, 3.8) is 0 Å². The first kappa shape index (κ1) is 12.0. The van der Waals surface area contributed by atoms with E-state index in [0.29, 0.717) is 17.5 Å². The lowest BCUT2D eigenvalue weighted by Crippen LogP contribution is -2.21. The number of aromatic amines is 1. The number of nitrogens with zero attached hydrogens (tertiary/aromatic N) is 3. The first-order valence-electron chi connectivity index (χ1n) is 5.49. The predicted molar refractivity (Wildman–Crippen MR) is 69.7 cm³/mol. The van der Waals surface area contributed by atoms with Gasteiger partial charge in [-0.15, -0.1) is 5.10 Å². The Bertz CT molecular complexity index is 549.